The van der Waals surface area contributed by atoms with Crippen molar-refractivity contribution in [3.05, 3.63) is 0 Å². The van der Waals surface area contributed by atoms with Gasteiger partial charge in [0.1, 0.15) is 0 Å². The van der Waals surface area contributed by atoms with Crippen molar-refractivity contribution in [2.45, 2.75) is 57.1 Å². The fraction of sp³-hybridized carbons (Fsp3) is 1.00. The van der Waals surface area contributed by atoms with Crippen LogP contribution in [0.15, 0.2) is 0 Å². The normalized spacial score (nSPS) is 36.2. The van der Waals surface area contributed by atoms with Crippen LogP contribution in [-0.2, 0) is 4.74 Å². The summed E-state index contributed by atoms with van der Waals surface area (Å²) in [4.78, 5) is 0. The minimum atomic E-state index is 0.336. The first kappa shape index (κ1) is 12.3. The summed E-state index contributed by atoms with van der Waals surface area (Å²) in [6, 6.07) is 0.518. The molecule has 1 aliphatic heterocycles. The topological polar surface area (TPSA) is 41.5 Å². The van der Waals surface area contributed by atoms with E-state index in [1.165, 1.54) is 44.9 Å². The van der Waals surface area contributed by atoms with Gasteiger partial charge in [0.05, 0.1) is 6.10 Å². The zero-order chi connectivity index (χ0) is 11.2. The summed E-state index contributed by atoms with van der Waals surface area (Å²) in [6.45, 7) is 2.24. The van der Waals surface area contributed by atoms with Crippen LogP contribution in [0.25, 0.3) is 0 Å². The van der Waals surface area contributed by atoms with Crippen molar-refractivity contribution in [3.8, 4) is 0 Å². The SMILES string of the molecule is OCC1CCCCC1NCC1CCCCO1. The van der Waals surface area contributed by atoms with Crippen molar-refractivity contribution in [1.29, 1.82) is 0 Å². The molecule has 1 heterocycles. The molecular formula is C13H25NO2. The van der Waals surface area contributed by atoms with Crippen LogP contribution >= 0.6 is 0 Å². The quantitative estimate of drug-likeness (QED) is 0.768. The first-order chi connectivity index (χ1) is 7.90. The van der Waals surface area contributed by atoms with E-state index in [0.717, 1.165) is 13.2 Å². The van der Waals surface area contributed by atoms with E-state index in [9.17, 15) is 5.11 Å². The molecule has 2 aliphatic rings. The average Bonchev–Trinajstić information content (AvgIpc) is 2.38. The lowest BCUT2D eigenvalue weighted by molar-refractivity contribution is 0.0119. The van der Waals surface area contributed by atoms with Gasteiger partial charge in [0.2, 0.25) is 0 Å². The van der Waals surface area contributed by atoms with Gasteiger partial charge in [0.25, 0.3) is 0 Å². The molecule has 0 aromatic carbocycles. The molecule has 0 aromatic heterocycles. The van der Waals surface area contributed by atoms with Crippen molar-refractivity contribution in [2.24, 2.45) is 5.92 Å². The molecule has 94 valence electrons. The van der Waals surface area contributed by atoms with E-state index in [1.807, 2.05) is 0 Å². The first-order valence-electron chi connectivity index (χ1n) is 6.86. The number of aliphatic hydroxyl groups excluding tert-OH is 1. The average molecular weight is 227 g/mol. The second kappa shape index (κ2) is 6.58. The zero-order valence-electron chi connectivity index (χ0n) is 10.2. The zero-order valence-corrected chi connectivity index (χ0v) is 10.2. The lowest BCUT2D eigenvalue weighted by Gasteiger charge is -2.33. The van der Waals surface area contributed by atoms with Crippen LogP contribution in [0.1, 0.15) is 44.9 Å². The molecule has 2 N–H and O–H groups in total. The van der Waals surface area contributed by atoms with Crippen molar-refractivity contribution >= 4 is 0 Å². The number of hydrogen-bond donors (Lipinski definition) is 2. The third-order valence-electron chi connectivity index (χ3n) is 4.03. The van der Waals surface area contributed by atoms with Gasteiger partial charge >= 0.3 is 0 Å². The van der Waals surface area contributed by atoms with Crippen LogP contribution in [0.2, 0.25) is 0 Å². The Kier molecular flexibility index (Phi) is 5.07. The molecule has 1 saturated carbocycles. The minimum Gasteiger partial charge on any atom is -0.396 e. The Labute approximate surface area is 98.6 Å². The number of nitrogens with one attached hydrogen (secondary N) is 1. The molecular weight excluding hydrogens is 202 g/mol. The fourth-order valence-electron chi connectivity index (χ4n) is 2.95. The smallest absolute Gasteiger partial charge is 0.0699 e. The molecule has 1 aliphatic carbocycles. The molecule has 0 spiro atoms. The van der Waals surface area contributed by atoms with Crippen LogP contribution in [0.4, 0.5) is 0 Å². The standard InChI is InChI=1S/C13H25NO2/c15-10-11-5-1-2-7-13(11)14-9-12-6-3-4-8-16-12/h11-15H,1-10H2. The molecule has 2 fully saturated rings. The van der Waals surface area contributed by atoms with Gasteiger partial charge < -0.3 is 15.2 Å². The highest BCUT2D eigenvalue weighted by Gasteiger charge is 2.25. The van der Waals surface area contributed by atoms with Crippen LogP contribution in [0, 0.1) is 5.92 Å². The summed E-state index contributed by atoms with van der Waals surface area (Å²) in [5.41, 5.74) is 0. The van der Waals surface area contributed by atoms with Gasteiger partial charge in [-0.3, -0.25) is 0 Å². The highest BCUT2D eigenvalue weighted by molar-refractivity contribution is 4.81. The summed E-state index contributed by atoms with van der Waals surface area (Å²) < 4.78 is 5.71. The molecule has 3 atom stereocenters. The Bertz CT molecular complexity index is 192. The molecule has 0 amide bonds. The highest BCUT2D eigenvalue weighted by Crippen LogP contribution is 2.24. The van der Waals surface area contributed by atoms with E-state index >= 15 is 0 Å². The predicted molar refractivity (Wildman–Crippen MR) is 64.4 cm³/mol. The van der Waals surface area contributed by atoms with Gasteiger partial charge in [-0.05, 0) is 38.0 Å². The summed E-state index contributed by atoms with van der Waals surface area (Å²) in [5.74, 6) is 0.470. The van der Waals surface area contributed by atoms with E-state index in [0.29, 0.717) is 24.7 Å². The van der Waals surface area contributed by atoms with Gasteiger partial charge in [-0.2, -0.15) is 0 Å². The molecule has 3 heteroatoms. The Balaban J connectivity index is 1.70. The largest absolute Gasteiger partial charge is 0.396 e. The fourth-order valence-corrected chi connectivity index (χ4v) is 2.95. The van der Waals surface area contributed by atoms with Gasteiger partial charge in [-0.1, -0.05) is 12.8 Å². The molecule has 1 saturated heterocycles. The third kappa shape index (κ3) is 3.44. The van der Waals surface area contributed by atoms with Gasteiger partial charge in [-0.25, -0.2) is 0 Å². The van der Waals surface area contributed by atoms with E-state index < -0.39 is 0 Å². The van der Waals surface area contributed by atoms with Crippen molar-refractivity contribution < 1.29 is 9.84 Å². The number of aliphatic hydroxyl groups is 1. The molecule has 0 bridgehead atoms. The van der Waals surface area contributed by atoms with Gasteiger partial charge in [0.15, 0.2) is 0 Å². The molecule has 0 radical (unpaired) electrons. The van der Waals surface area contributed by atoms with Crippen LogP contribution in [-0.4, -0.2) is 37.0 Å². The second-order valence-corrected chi connectivity index (χ2v) is 5.23. The van der Waals surface area contributed by atoms with Crippen molar-refractivity contribution in [3.63, 3.8) is 0 Å². The lowest BCUT2D eigenvalue weighted by atomic mass is 9.85. The Morgan fingerprint density at radius 3 is 2.62 bits per heavy atom. The predicted octanol–water partition coefficient (Wildman–Crippen LogP) is 1.70. The molecule has 3 unspecified atom stereocenters. The Morgan fingerprint density at radius 2 is 1.88 bits per heavy atom. The third-order valence-corrected chi connectivity index (χ3v) is 4.03. The maximum atomic E-state index is 9.33. The van der Waals surface area contributed by atoms with Gasteiger partial charge in [0, 0.05) is 25.8 Å². The molecule has 2 rings (SSSR count). The van der Waals surface area contributed by atoms with Crippen LogP contribution in [0.5, 0.6) is 0 Å². The lowest BCUT2D eigenvalue weighted by Crippen LogP contribution is -2.44. The number of hydrogen-bond acceptors (Lipinski definition) is 3. The number of rotatable bonds is 4. The van der Waals surface area contributed by atoms with Crippen molar-refractivity contribution in [2.75, 3.05) is 19.8 Å². The minimum absolute atomic E-state index is 0.336. The maximum absolute atomic E-state index is 9.33. The Morgan fingerprint density at radius 1 is 1.06 bits per heavy atom. The Hall–Kier alpha value is -0.120. The van der Waals surface area contributed by atoms with E-state index in [4.69, 9.17) is 4.74 Å². The van der Waals surface area contributed by atoms with E-state index in [-0.39, 0.29) is 0 Å². The van der Waals surface area contributed by atoms with E-state index in [1.54, 1.807) is 0 Å². The second-order valence-electron chi connectivity index (χ2n) is 5.23. The number of ether oxygens (including phenoxy) is 1. The van der Waals surface area contributed by atoms with Crippen molar-refractivity contribution in [1.82, 2.24) is 5.32 Å². The summed E-state index contributed by atoms with van der Waals surface area (Å²) in [6.07, 6.45) is 9.12. The summed E-state index contributed by atoms with van der Waals surface area (Å²) in [7, 11) is 0. The molecule has 3 nitrogen and oxygen atoms in total. The molecule has 0 aromatic rings. The maximum Gasteiger partial charge on any atom is 0.0699 e. The highest BCUT2D eigenvalue weighted by atomic mass is 16.5. The summed E-state index contributed by atoms with van der Waals surface area (Å²) >= 11 is 0. The van der Waals surface area contributed by atoms with Crippen LogP contribution in [0.3, 0.4) is 0 Å². The molecule has 16 heavy (non-hydrogen) atoms. The van der Waals surface area contributed by atoms with Gasteiger partial charge in [-0.15, -0.1) is 0 Å². The first-order valence-corrected chi connectivity index (χ1v) is 6.86. The van der Waals surface area contributed by atoms with Crippen LogP contribution < -0.4 is 5.32 Å². The monoisotopic (exact) mass is 227 g/mol. The van der Waals surface area contributed by atoms with E-state index in [2.05, 4.69) is 5.32 Å². The summed E-state index contributed by atoms with van der Waals surface area (Å²) in [5, 5.41) is 12.9.